The van der Waals surface area contributed by atoms with Gasteiger partial charge in [-0.2, -0.15) is 0 Å². The molecule has 0 radical (unpaired) electrons. The first-order valence-corrected chi connectivity index (χ1v) is 9.62. The van der Waals surface area contributed by atoms with Crippen LogP contribution in [-0.4, -0.2) is 35.3 Å². The fourth-order valence-electron chi connectivity index (χ4n) is 3.51. The first kappa shape index (κ1) is 20.2. The van der Waals surface area contributed by atoms with Crippen LogP contribution in [0.25, 0.3) is 6.08 Å². The van der Waals surface area contributed by atoms with E-state index in [-0.39, 0.29) is 23.9 Å². The van der Waals surface area contributed by atoms with Crippen LogP contribution >= 0.6 is 0 Å². The normalized spacial score (nSPS) is 20.9. The highest BCUT2D eigenvalue weighted by atomic mass is 16.2. The molecule has 1 N–H and O–H groups in total. The molecular weight excluding hydrogens is 324 g/mol. The third-order valence-corrected chi connectivity index (χ3v) is 4.64. The number of nitrogens with one attached hydrogen (secondary N) is 1. The second-order valence-electron chi connectivity index (χ2n) is 8.22. The summed E-state index contributed by atoms with van der Waals surface area (Å²) in [5, 5.41) is 3.11. The molecule has 0 bridgehead atoms. The highest BCUT2D eigenvalue weighted by Crippen LogP contribution is 2.20. The summed E-state index contributed by atoms with van der Waals surface area (Å²) in [5.74, 6) is 0.721. The molecule has 2 rings (SSSR count). The topological polar surface area (TPSA) is 49.4 Å². The Morgan fingerprint density at radius 2 is 1.92 bits per heavy atom. The Labute approximate surface area is 157 Å². The van der Waals surface area contributed by atoms with Gasteiger partial charge in [0.1, 0.15) is 6.04 Å². The Morgan fingerprint density at radius 3 is 2.54 bits per heavy atom. The average Bonchev–Trinajstić information content (AvgIpc) is 2.54. The molecule has 0 unspecified atom stereocenters. The van der Waals surface area contributed by atoms with Crippen molar-refractivity contribution in [3.63, 3.8) is 0 Å². The number of piperazine rings is 1. The zero-order chi connectivity index (χ0) is 19.3. The number of carbonyl (C=O) groups excluding carboxylic acids is 2. The number of nitrogens with zero attached hydrogens (tertiary/aromatic N) is 1. The standard InChI is InChI=1S/C22H32N2O2/c1-15(2)11-19-14-24(20(12-16(3)4)22(26)23-19)21(25)10-9-18-8-6-7-17(5)13-18/h6-10,13,15-16,19-20H,11-12,14H2,1-5H3,(H,23,26)/b10-9+/t19-,20-/m0/s1. The van der Waals surface area contributed by atoms with Crippen LogP contribution in [0.2, 0.25) is 0 Å². The number of hydrogen-bond donors (Lipinski definition) is 1. The second-order valence-corrected chi connectivity index (χ2v) is 8.22. The largest absolute Gasteiger partial charge is 0.350 e. The molecule has 1 saturated heterocycles. The van der Waals surface area contributed by atoms with Crippen molar-refractivity contribution in [1.29, 1.82) is 0 Å². The maximum atomic E-state index is 12.9. The minimum Gasteiger partial charge on any atom is -0.350 e. The first-order chi connectivity index (χ1) is 12.3. The molecule has 2 amide bonds. The van der Waals surface area contributed by atoms with Crippen LogP contribution < -0.4 is 5.32 Å². The summed E-state index contributed by atoms with van der Waals surface area (Å²) in [4.78, 5) is 27.3. The van der Waals surface area contributed by atoms with Crippen molar-refractivity contribution >= 4 is 17.9 Å². The molecule has 0 spiro atoms. The lowest BCUT2D eigenvalue weighted by atomic mass is 9.95. The second kappa shape index (κ2) is 9.02. The quantitative estimate of drug-likeness (QED) is 0.788. The number of benzene rings is 1. The van der Waals surface area contributed by atoms with E-state index in [9.17, 15) is 9.59 Å². The van der Waals surface area contributed by atoms with Crippen molar-refractivity contribution in [2.24, 2.45) is 11.8 Å². The fourth-order valence-corrected chi connectivity index (χ4v) is 3.51. The van der Waals surface area contributed by atoms with E-state index in [2.05, 4.69) is 33.0 Å². The molecule has 4 nitrogen and oxygen atoms in total. The zero-order valence-corrected chi connectivity index (χ0v) is 16.7. The monoisotopic (exact) mass is 356 g/mol. The van der Waals surface area contributed by atoms with Gasteiger partial charge in [-0.25, -0.2) is 0 Å². The van der Waals surface area contributed by atoms with Crippen LogP contribution in [0, 0.1) is 18.8 Å². The molecule has 0 aromatic heterocycles. The van der Waals surface area contributed by atoms with Crippen molar-refractivity contribution in [2.45, 2.75) is 59.5 Å². The van der Waals surface area contributed by atoms with Gasteiger partial charge < -0.3 is 10.2 Å². The molecule has 1 aliphatic heterocycles. The summed E-state index contributed by atoms with van der Waals surface area (Å²) >= 11 is 0. The van der Waals surface area contributed by atoms with E-state index < -0.39 is 0 Å². The predicted molar refractivity (Wildman–Crippen MR) is 107 cm³/mol. The number of carbonyl (C=O) groups is 2. The van der Waals surface area contributed by atoms with Crippen LogP contribution in [0.4, 0.5) is 0 Å². The smallest absolute Gasteiger partial charge is 0.247 e. The van der Waals surface area contributed by atoms with E-state index in [0.717, 1.165) is 17.5 Å². The molecule has 0 saturated carbocycles. The number of hydrogen-bond acceptors (Lipinski definition) is 2. The van der Waals surface area contributed by atoms with Gasteiger partial charge in [-0.15, -0.1) is 0 Å². The van der Waals surface area contributed by atoms with E-state index in [4.69, 9.17) is 0 Å². The van der Waals surface area contributed by atoms with Gasteiger partial charge in [0, 0.05) is 18.7 Å². The molecule has 1 fully saturated rings. The van der Waals surface area contributed by atoms with Gasteiger partial charge >= 0.3 is 0 Å². The third kappa shape index (κ3) is 5.72. The van der Waals surface area contributed by atoms with E-state index in [1.54, 1.807) is 11.0 Å². The fraction of sp³-hybridized carbons (Fsp3) is 0.545. The van der Waals surface area contributed by atoms with E-state index in [0.29, 0.717) is 24.8 Å². The Hall–Kier alpha value is -2.10. The van der Waals surface area contributed by atoms with E-state index >= 15 is 0 Å². The van der Waals surface area contributed by atoms with E-state index in [1.165, 1.54) is 0 Å². The Balaban J connectivity index is 2.18. The molecule has 0 aliphatic carbocycles. The molecule has 1 aliphatic rings. The summed E-state index contributed by atoms with van der Waals surface area (Å²) in [6, 6.07) is 7.68. The molecule has 4 heteroatoms. The minimum atomic E-state index is -0.381. The first-order valence-electron chi connectivity index (χ1n) is 9.62. The Morgan fingerprint density at radius 1 is 1.23 bits per heavy atom. The van der Waals surface area contributed by atoms with Crippen molar-refractivity contribution < 1.29 is 9.59 Å². The summed E-state index contributed by atoms with van der Waals surface area (Å²) in [6.45, 7) is 11.0. The zero-order valence-electron chi connectivity index (χ0n) is 16.7. The van der Waals surface area contributed by atoms with Gasteiger partial charge in [0.15, 0.2) is 0 Å². The average molecular weight is 357 g/mol. The van der Waals surface area contributed by atoms with Crippen molar-refractivity contribution in [3.05, 3.63) is 41.5 Å². The lowest BCUT2D eigenvalue weighted by Gasteiger charge is -2.40. The molecule has 1 aromatic carbocycles. The molecule has 2 atom stereocenters. The van der Waals surface area contributed by atoms with Gasteiger partial charge in [0.25, 0.3) is 0 Å². The SMILES string of the molecule is Cc1cccc(/C=C/C(=O)N2C[C@H](CC(C)C)NC(=O)[C@@H]2CC(C)C)c1. The highest BCUT2D eigenvalue weighted by Gasteiger charge is 2.36. The Bertz CT molecular complexity index is 664. The third-order valence-electron chi connectivity index (χ3n) is 4.64. The Kier molecular flexibility index (Phi) is 7.01. The van der Waals surface area contributed by atoms with Gasteiger partial charge in [-0.3, -0.25) is 9.59 Å². The number of aryl methyl sites for hydroxylation is 1. The van der Waals surface area contributed by atoms with Gasteiger partial charge in [0.05, 0.1) is 0 Å². The summed E-state index contributed by atoms with van der Waals surface area (Å²) in [7, 11) is 0. The summed E-state index contributed by atoms with van der Waals surface area (Å²) < 4.78 is 0. The van der Waals surface area contributed by atoms with Gasteiger partial charge in [0.2, 0.25) is 11.8 Å². The molecule has 1 aromatic rings. The van der Waals surface area contributed by atoms with Crippen molar-refractivity contribution in [3.8, 4) is 0 Å². The van der Waals surface area contributed by atoms with E-state index in [1.807, 2.05) is 37.3 Å². The van der Waals surface area contributed by atoms with Crippen molar-refractivity contribution in [1.82, 2.24) is 10.2 Å². The maximum absolute atomic E-state index is 12.9. The predicted octanol–water partition coefficient (Wildman–Crippen LogP) is 3.80. The van der Waals surface area contributed by atoms with Crippen LogP contribution in [0.1, 0.15) is 51.7 Å². The van der Waals surface area contributed by atoms with Gasteiger partial charge in [-0.1, -0.05) is 57.5 Å². The molecule has 1 heterocycles. The highest BCUT2D eigenvalue weighted by molar-refractivity contribution is 5.96. The van der Waals surface area contributed by atoms with Crippen LogP contribution in [0.3, 0.4) is 0 Å². The number of amides is 2. The van der Waals surface area contributed by atoms with Crippen LogP contribution in [0.15, 0.2) is 30.3 Å². The number of rotatable bonds is 6. The lowest BCUT2D eigenvalue weighted by Crippen LogP contribution is -2.61. The molecular formula is C22H32N2O2. The van der Waals surface area contributed by atoms with Crippen LogP contribution in [0.5, 0.6) is 0 Å². The van der Waals surface area contributed by atoms with Gasteiger partial charge in [-0.05, 0) is 43.2 Å². The molecule has 26 heavy (non-hydrogen) atoms. The molecule has 142 valence electrons. The lowest BCUT2D eigenvalue weighted by molar-refractivity contribution is -0.142. The summed E-state index contributed by atoms with van der Waals surface area (Å²) in [6.07, 6.45) is 5.01. The minimum absolute atomic E-state index is 0.0205. The van der Waals surface area contributed by atoms with Crippen LogP contribution in [-0.2, 0) is 9.59 Å². The van der Waals surface area contributed by atoms with Crippen molar-refractivity contribution in [2.75, 3.05) is 6.54 Å². The summed E-state index contributed by atoms with van der Waals surface area (Å²) in [5.41, 5.74) is 2.16. The maximum Gasteiger partial charge on any atom is 0.247 e.